The number of nitrogens with one attached hydrogen (secondary N) is 2. The highest BCUT2D eigenvalue weighted by Gasteiger charge is 2.24. The van der Waals surface area contributed by atoms with Gasteiger partial charge in [-0.2, -0.15) is 0 Å². The Balaban J connectivity index is 1.95. The van der Waals surface area contributed by atoms with Crippen molar-refractivity contribution >= 4 is 11.6 Å². The van der Waals surface area contributed by atoms with Gasteiger partial charge in [0.25, 0.3) is 0 Å². The zero-order valence-corrected chi connectivity index (χ0v) is 12.3. The number of para-hydroxylation sites is 2. The Bertz CT molecular complexity index is 464. The molecule has 20 heavy (non-hydrogen) atoms. The van der Waals surface area contributed by atoms with Crippen LogP contribution in [0.5, 0.6) is 5.75 Å². The lowest BCUT2D eigenvalue weighted by Crippen LogP contribution is -2.55. The minimum atomic E-state index is -0.00421. The van der Waals surface area contributed by atoms with Crippen molar-refractivity contribution in [1.82, 2.24) is 10.2 Å². The Hall–Kier alpha value is -1.59. The molecule has 2 atom stereocenters. The molecule has 1 aliphatic rings. The highest BCUT2D eigenvalue weighted by molar-refractivity contribution is 5.93. The molecule has 0 bridgehead atoms. The van der Waals surface area contributed by atoms with Crippen molar-refractivity contribution in [3.05, 3.63) is 24.3 Å². The summed E-state index contributed by atoms with van der Waals surface area (Å²) in [4.78, 5) is 14.4. The molecule has 1 amide bonds. The van der Waals surface area contributed by atoms with Gasteiger partial charge in [-0.3, -0.25) is 9.69 Å². The maximum Gasteiger partial charge on any atom is 0.238 e. The number of methoxy groups -OCH3 is 1. The normalized spacial score (nSPS) is 23.4. The van der Waals surface area contributed by atoms with Gasteiger partial charge < -0.3 is 15.4 Å². The minimum Gasteiger partial charge on any atom is -0.495 e. The zero-order chi connectivity index (χ0) is 14.5. The molecular formula is C15H23N3O2. The van der Waals surface area contributed by atoms with Gasteiger partial charge in [0, 0.05) is 25.2 Å². The fourth-order valence-electron chi connectivity index (χ4n) is 2.44. The van der Waals surface area contributed by atoms with Crippen LogP contribution in [0.3, 0.4) is 0 Å². The summed E-state index contributed by atoms with van der Waals surface area (Å²) in [5.41, 5.74) is 0.718. The molecule has 1 heterocycles. The number of piperazine rings is 1. The maximum atomic E-state index is 12.2. The van der Waals surface area contributed by atoms with Gasteiger partial charge in [0.05, 0.1) is 19.3 Å². The topological polar surface area (TPSA) is 53.6 Å². The lowest BCUT2D eigenvalue weighted by molar-refractivity contribution is -0.118. The summed E-state index contributed by atoms with van der Waals surface area (Å²) in [5.74, 6) is 0.679. The van der Waals surface area contributed by atoms with Crippen LogP contribution in [0.4, 0.5) is 5.69 Å². The molecule has 110 valence electrons. The first-order valence-electron chi connectivity index (χ1n) is 7.00. The molecule has 5 nitrogen and oxygen atoms in total. The molecule has 1 aliphatic heterocycles. The second kappa shape index (κ2) is 6.72. The van der Waals surface area contributed by atoms with E-state index in [-0.39, 0.29) is 5.91 Å². The van der Waals surface area contributed by atoms with Crippen molar-refractivity contribution in [2.75, 3.05) is 32.1 Å². The molecule has 1 aromatic rings. The Morgan fingerprint density at radius 2 is 2.20 bits per heavy atom. The van der Waals surface area contributed by atoms with Crippen molar-refractivity contribution in [3.63, 3.8) is 0 Å². The van der Waals surface area contributed by atoms with E-state index in [2.05, 4.69) is 29.4 Å². The second-order valence-electron chi connectivity index (χ2n) is 5.34. The number of benzene rings is 1. The SMILES string of the molecule is COc1ccccc1NC(=O)CN1CC(C)NCC1C. The van der Waals surface area contributed by atoms with Crippen molar-refractivity contribution in [3.8, 4) is 5.75 Å². The number of nitrogens with zero attached hydrogens (tertiary/aromatic N) is 1. The summed E-state index contributed by atoms with van der Waals surface area (Å²) < 4.78 is 5.24. The predicted molar refractivity (Wildman–Crippen MR) is 80.1 cm³/mol. The number of carbonyl (C=O) groups excluding carboxylic acids is 1. The Kier molecular flexibility index (Phi) is 4.98. The standard InChI is InChI=1S/C15H23N3O2/c1-11-9-18(12(2)8-16-11)10-15(19)17-13-6-4-5-7-14(13)20-3/h4-7,11-12,16H,8-10H2,1-3H3,(H,17,19). The lowest BCUT2D eigenvalue weighted by Gasteiger charge is -2.36. The number of anilines is 1. The zero-order valence-electron chi connectivity index (χ0n) is 12.3. The van der Waals surface area contributed by atoms with Crippen molar-refractivity contribution < 1.29 is 9.53 Å². The number of amides is 1. The predicted octanol–water partition coefficient (Wildman–Crippen LogP) is 1.32. The van der Waals surface area contributed by atoms with Crippen LogP contribution in [0.1, 0.15) is 13.8 Å². The van der Waals surface area contributed by atoms with E-state index in [0.29, 0.717) is 24.4 Å². The van der Waals surface area contributed by atoms with Crippen LogP contribution in [-0.4, -0.2) is 49.6 Å². The van der Waals surface area contributed by atoms with Crippen LogP contribution in [0.2, 0.25) is 0 Å². The maximum absolute atomic E-state index is 12.2. The van der Waals surface area contributed by atoms with Gasteiger partial charge in [-0.1, -0.05) is 12.1 Å². The van der Waals surface area contributed by atoms with Crippen molar-refractivity contribution in [2.45, 2.75) is 25.9 Å². The number of hydrogen-bond acceptors (Lipinski definition) is 4. The molecule has 2 rings (SSSR count). The molecule has 1 fully saturated rings. The third kappa shape index (κ3) is 3.71. The molecule has 0 radical (unpaired) electrons. The highest BCUT2D eigenvalue weighted by Crippen LogP contribution is 2.22. The fourth-order valence-corrected chi connectivity index (χ4v) is 2.44. The van der Waals surface area contributed by atoms with Crippen LogP contribution in [0.15, 0.2) is 24.3 Å². The summed E-state index contributed by atoms with van der Waals surface area (Å²) in [6.07, 6.45) is 0. The Morgan fingerprint density at radius 1 is 1.45 bits per heavy atom. The summed E-state index contributed by atoms with van der Waals surface area (Å²) in [6.45, 7) is 6.49. The quantitative estimate of drug-likeness (QED) is 0.871. The van der Waals surface area contributed by atoms with E-state index in [4.69, 9.17) is 4.74 Å². The first-order valence-corrected chi connectivity index (χ1v) is 7.00. The van der Waals surface area contributed by atoms with Gasteiger partial charge in [0.15, 0.2) is 0 Å². The van der Waals surface area contributed by atoms with E-state index >= 15 is 0 Å². The largest absolute Gasteiger partial charge is 0.495 e. The van der Waals surface area contributed by atoms with E-state index in [1.54, 1.807) is 7.11 Å². The molecule has 0 aliphatic carbocycles. The molecule has 2 N–H and O–H groups in total. The Morgan fingerprint density at radius 3 is 2.95 bits per heavy atom. The molecular weight excluding hydrogens is 254 g/mol. The lowest BCUT2D eigenvalue weighted by atomic mass is 10.1. The van der Waals surface area contributed by atoms with Gasteiger partial charge >= 0.3 is 0 Å². The Labute approximate surface area is 120 Å². The summed E-state index contributed by atoms with van der Waals surface area (Å²) >= 11 is 0. The smallest absolute Gasteiger partial charge is 0.238 e. The fraction of sp³-hybridized carbons (Fsp3) is 0.533. The molecule has 1 aromatic carbocycles. The first kappa shape index (κ1) is 14.8. The third-order valence-corrected chi connectivity index (χ3v) is 3.62. The van der Waals surface area contributed by atoms with Crippen LogP contribution in [0.25, 0.3) is 0 Å². The molecule has 5 heteroatoms. The van der Waals surface area contributed by atoms with Crippen LogP contribution >= 0.6 is 0 Å². The second-order valence-corrected chi connectivity index (χ2v) is 5.34. The average Bonchev–Trinajstić information content (AvgIpc) is 2.43. The van der Waals surface area contributed by atoms with Crippen LogP contribution in [-0.2, 0) is 4.79 Å². The number of carbonyl (C=O) groups is 1. The number of ether oxygens (including phenoxy) is 1. The van der Waals surface area contributed by atoms with Gasteiger partial charge in [-0.15, -0.1) is 0 Å². The van der Waals surface area contributed by atoms with E-state index in [1.807, 2.05) is 24.3 Å². The number of rotatable bonds is 4. The summed E-state index contributed by atoms with van der Waals surface area (Å²) in [7, 11) is 1.60. The van der Waals surface area contributed by atoms with E-state index in [1.165, 1.54) is 0 Å². The highest BCUT2D eigenvalue weighted by atomic mass is 16.5. The van der Waals surface area contributed by atoms with Gasteiger partial charge in [0.2, 0.25) is 5.91 Å². The monoisotopic (exact) mass is 277 g/mol. The molecule has 0 saturated carbocycles. The molecule has 1 saturated heterocycles. The summed E-state index contributed by atoms with van der Waals surface area (Å²) in [6, 6.07) is 8.24. The average molecular weight is 277 g/mol. The van der Waals surface area contributed by atoms with Gasteiger partial charge in [0.1, 0.15) is 5.75 Å². The summed E-state index contributed by atoms with van der Waals surface area (Å²) in [5, 5.41) is 6.33. The van der Waals surface area contributed by atoms with E-state index < -0.39 is 0 Å². The van der Waals surface area contributed by atoms with E-state index in [0.717, 1.165) is 18.8 Å². The van der Waals surface area contributed by atoms with Crippen LogP contribution in [0, 0.1) is 0 Å². The first-order chi connectivity index (χ1) is 9.60. The molecule has 2 unspecified atom stereocenters. The van der Waals surface area contributed by atoms with Crippen molar-refractivity contribution in [2.24, 2.45) is 0 Å². The molecule has 0 spiro atoms. The van der Waals surface area contributed by atoms with E-state index in [9.17, 15) is 4.79 Å². The van der Waals surface area contributed by atoms with Gasteiger partial charge in [-0.05, 0) is 26.0 Å². The number of hydrogen-bond donors (Lipinski definition) is 2. The third-order valence-electron chi connectivity index (χ3n) is 3.62. The molecule has 0 aromatic heterocycles. The van der Waals surface area contributed by atoms with Gasteiger partial charge in [-0.25, -0.2) is 0 Å². The minimum absolute atomic E-state index is 0.00421. The van der Waals surface area contributed by atoms with Crippen molar-refractivity contribution in [1.29, 1.82) is 0 Å². The van der Waals surface area contributed by atoms with Crippen LogP contribution < -0.4 is 15.4 Å².